The average molecular weight is 535 g/mol. The normalized spacial score (nSPS) is 12.3. The molecule has 0 N–H and O–H groups in total. The Hall–Kier alpha value is -5.67. The lowest BCUT2D eigenvalue weighted by molar-refractivity contribution is 0.666. The highest BCUT2D eigenvalue weighted by Crippen LogP contribution is 2.45. The minimum Gasteiger partial charge on any atom is -0.454 e. The molecule has 0 amide bonds. The molecule has 10 aromatic rings. The Morgan fingerprint density at radius 2 is 1.31 bits per heavy atom. The molecule has 3 aromatic heterocycles. The summed E-state index contributed by atoms with van der Waals surface area (Å²) < 4.78 is 8.86. The molecule has 0 aliphatic rings. The number of hydrogen-bond acceptors (Lipinski definition) is 2. The molecule has 0 fully saturated rings. The molecule has 0 unspecified atom stereocenters. The standard InChI is InChI=1S/C39H22N2O/c1-2-7-23(8-3-1)26-16-13-24-14-18-31-37-25(15-17-28(26)36(24)37)21-33-38(31)30-19-20-40-22-34(30)41(33)32-11-6-10-29-27-9-4-5-12-35(27)42-39(29)32/h1-22H. The van der Waals surface area contributed by atoms with Crippen LogP contribution in [0, 0.1) is 0 Å². The minimum atomic E-state index is 0.888. The Balaban J connectivity index is 1.38. The van der Waals surface area contributed by atoms with Crippen LogP contribution in [0.25, 0.3) is 92.9 Å². The third-order valence-corrected chi connectivity index (χ3v) is 9.02. The molecule has 0 spiro atoms. The second-order valence-electron chi connectivity index (χ2n) is 11.2. The third kappa shape index (κ3) is 2.77. The topological polar surface area (TPSA) is 31.0 Å². The van der Waals surface area contributed by atoms with E-state index in [0.29, 0.717) is 0 Å². The van der Waals surface area contributed by atoms with Crippen molar-refractivity contribution in [2.75, 3.05) is 0 Å². The van der Waals surface area contributed by atoms with Crippen molar-refractivity contribution in [3.8, 4) is 16.8 Å². The van der Waals surface area contributed by atoms with Gasteiger partial charge in [-0.3, -0.25) is 4.98 Å². The molecule has 0 aliphatic carbocycles. The van der Waals surface area contributed by atoms with Crippen LogP contribution < -0.4 is 0 Å². The van der Waals surface area contributed by atoms with Crippen molar-refractivity contribution >= 4 is 76.1 Å². The van der Waals surface area contributed by atoms with E-state index in [2.05, 4.69) is 119 Å². The first-order chi connectivity index (χ1) is 20.8. The number of rotatable bonds is 2. The Morgan fingerprint density at radius 1 is 0.524 bits per heavy atom. The van der Waals surface area contributed by atoms with Gasteiger partial charge in [-0.25, -0.2) is 0 Å². The quantitative estimate of drug-likeness (QED) is 0.207. The second-order valence-corrected chi connectivity index (χ2v) is 11.2. The molecule has 194 valence electrons. The lowest BCUT2D eigenvalue weighted by Gasteiger charge is -2.16. The van der Waals surface area contributed by atoms with Gasteiger partial charge in [0.25, 0.3) is 0 Å². The predicted molar refractivity (Wildman–Crippen MR) is 175 cm³/mol. The van der Waals surface area contributed by atoms with E-state index in [4.69, 9.17) is 4.42 Å². The maximum absolute atomic E-state index is 6.52. The van der Waals surface area contributed by atoms with Crippen molar-refractivity contribution in [1.82, 2.24) is 9.55 Å². The maximum atomic E-state index is 6.52. The summed E-state index contributed by atoms with van der Waals surface area (Å²) in [5, 5.41) is 12.4. The summed E-state index contributed by atoms with van der Waals surface area (Å²) in [4.78, 5) is 4.58. The van der Waals surface area contributed by atoms with Gasteiger partial charge in [-0.2, -0.15) is 0 Å². The van der Waals surface area contributed by atoms with Crippen molar-refractivity contribution in [3.05, 3.63) is 134 Å². The molecule has 3 nitrogen and oxygen atoms in total. The fraction of sp³-hybridized carbons (Fsp3) is 0. The Labute approximate surface area is 240 Å². The van der Waals surface area contributed by atoms with Crippen LogP contribution in [0.15, 0.2) is 138 Å². The number of hydrogen-bond donors (Lipinski definition) is 0. The number of para-hydroxylation sites is 2. The van der Waals surface area contributed by atoms with E-state index in [1.54, 1.807) is 0 Å². The van der Waals surface area contributed by atoms with Crippen LogP contribution in [0.2, 0.25) is 0 Å². The van der Waals surface area contributed by atoms with Gasteiger partial charge in [-0.15, -0.1) is 0 Å². The first kappa shape index (κ1) is 22.1. The second kappa shape index (κ2) is 7.96. The summed E-state index contributed by atoms with van der Waals surface area (Å²) >= 11 is 0. The van der Waals surface area contributed by atoms with Crippen LogP contribution in [-0.2, 0) is 0 Å². The molecule has 0 radical (unpaired) electrons. The van der Waals surface area contributed by atoms with Crippen LogP contribution in [-0.4, -0.2) is 9.55 Å². The highest BCUT2D eigenvalue weighted by molar-refractivity contribution is 6.34. The number of benzene rings is 7. The van der Waals surface area contributed by atoms with Crippen molar-refractivity contribution in [3.63, 3.8) is 0 Å². The Morgan fingerprint density at radius 3 is 2.26 bits per heavy atom. The molecule has 10 rings (SSSR count). The predicted octanol–water partition coefficient (Wildman–Crippen LogP) is 10.6. The lowest BCUT2D eigenvalue weighted by Crippen LogP contribution is -1.95. The van der Waals surface area contributed by atoms with Crippen LogP contribution in [0.1, 0.15) is 0 Å². The molecule has 7 aromatic carbocycles. The SMILES string of the molecule is c1ccc(-c2ccc3ccc4c5c(ccc2c35)cc2c4c3ccncc3n2-c2cccc3c2oc2ccccc23)cc1. The summed E-state index contributed by atoms with van der Waals surface area (Å²) in [6, 6.07) is 43.6. The molecular formula is C39H22N2O. The van der Waals surface area contributed by atoms with Crippen LogP contribution in [0.4, 0.5) is 0 Å². The number of pyridine rings is 1. The first-order valence-corrected chi connectivity index (χ1v) is 14.3. The highest BCUT2D eigenvalue weighted by atomic mass is 16.3. The van der Waals surface area contributed by atoms with Gasteiger partial charge in [0.05, 0.1) is 22.9 Å². The molecule has 3 heterocycles. The molecule has 0 saturated heterocycles. The summed E-state index contributed by atoms with van der Waals surface area (Å²) in [5.74, 6) is 0. The first-order valence-electron chi connectivity index (χ1n) is 14.3. The van der Waals surface area contributed by atoms with Crippen LogP contribution in [0.5, 0.6) is 0 Å². The fourth-order valence-electron chi connectivity index (χ4n) is 7.26. The molecule has 0 bridgehead atoms. The fourth-order valence-corrected chi connectivity index (χ4v) is 7.26. The number of furan rings is 1. The molecule has 0 aliphatic heterocycles. The summed E-state index contributed by atoms with van der Waals surface area (Å²) in [6.45, 7) is 0. The average Bonchev–Trinajstić information content (AvgIpc) is 3.59. The van der Waals surface area contributed by atoms with E-state index in [9.17, 15) is 0 Å². The van der Waals surface area contributed by atoms with E-state index in [1.807, 2.05) is 24.5 Å². The van der Waals surface area contributed by atoms with Gasteiger partial charge in [0.1, 0.15) is 5.58 Å². The largest absolute Gasteiger partial charge is 0.454 e. The minimum absolute atomic E-state index is 0.888. The maximum Gasteiger partial charge on any atom is 0.159 e. The van der Waals surface area contributed by atoms with E-state index in [0.717, 1.165) is 38.7 Å². The zero-order valence-electron chi connectivity index (χ0n) is 22.5. The smallest absolute Gasteiger partial charge is 0.159 e. The Kier molecular flexibility index (Phi) is 4.18. The number of fused-ring (bicyclic) bond motifs is 7. The molecule has 42 heavy (non-hydrogen) atoms. The number of aromatic nitrogens is 2. The van der Waals surface area contributed by atoms with Crippen molar-refractivity contribution in [1.29, 1.82) is 0 Å². The van der Waals surface area contributed by atoms with Crippen molar-refractivity contribution in [2.45, 2.75) is 0 Å². The number of nitrogens with zero attached hydrogens (tertiary/aromatic N) is 2. The van der Waals surface area contributed by atoms with Crippen LogP contribution >= 0.6 is 0 Å². The van der Waals surface area contributed by atoms with Gasteiger partial charge in [-0.1, -0.05) is 97.1 Å². The van der Waals surface area contributed by atoms with E-state index in [-0.39, 0.29) is 0 Å². The van der Waals surface area contributed by atoms with Crippen LogP contribution in [0.3, 0.4) is 0 Å². The van der Waals surface area contributed by atoms with Gasteiger partial charge in [0.2, 0.25) is 0 Å². The van der Waals surface area contributed by atoms with Gasteiger partial charge in [-0.05, 0) is 67.7 Å². The van der Waals surface area contributed by atoms with E-state index in [1.165, 1.54) is 54.2 Å². The zero-order chi connectivity index (χ0) is 27.4. The van der Waals surface area contributed by atoms with Gasteiger partial charge in [0, 0.05) is 27.7 Å². The lowest BCUT2D eigenvalue weighted by atomic mass is 9.88. The van der Waals surface area contributed by atoms with Crippen molar-refractivity contribution < 1.29 is 4.42 Å². The molecule has 0 atom stereocenters. The monoisotopic (exact) mass is 534 g/mol. The third-order valence-electron chi connectivity index (χ3n) is 9.02. The highest BCUT2D eigenvalue weighted by Gasteiger charge is 2.21. The Bertz CT molecular complexity index is 2680. The molecule has 3 heteroatoms. The summed E-state index contributed by atoms with van der Waals surface area (Å²) in [6.07, 6.45) is 3.89. The van der Waals surface area contributed by atoms with Gasteiger partial charge < -0.3 is 8.98 Å². The van der Waals surface area contributed by atoms with Crippen molar-refractivity contribution in [2.24, 2.45) is 0 Å². The van der Waals surface area contributed by atoms with Gasteiger partial charge >= 0.3 is 0 Å². The summed E-state index contributed by atoms with van der Waals surface area (Å²) in [5.41, 5.74) is 7.54. The molecule has 0 saturated carbocycles. The van der Waals surface area contributed by atoms with E-state index < -0.39 is 0 Å². The summed E-state index contributed by atoms with van der Waals surface area (Å²) in [7, 11) is 0. The van der Waals surface area contributed by atoms with E-state index >= 15 is 0 Å². The zero-order valence-corrected chi connectivity index (χ0v) is 22.5. The van der Waals surface area contributed by atoms with Gasteiger partial charge in [0.15, 0.2) is 5.58 Å². The molecular weight excluding hydrogens is 512 g/mol.